The number of benzene rings is 2. The Balaban J connectivity index is 1.64. The zero-order chi connectivity index (χ0) is 20.8. The molecule has 1 unspecified atom stereocenters. The highest BCUT2D eigenvalue weighted by Crippen LogP contribution is 2.28. The highest BCUT2D eigenvalue weighted by atomic mass is 16.5. The number of carbonyl (C=O) groups is 2. The Bertz CT molecular complexity index is 866. The maximum Gasteiger partial charge on any atom is 0.251 e. The van der Waals surface area contributed by atoms with Gasteiger partial charge < -0.3 is 19.5 Å². The number of nitrogens with one attached hydrogen (secondary N) is 1. The second-order valence-corrected chi connectivity index (χ2v) is 6.74. The van der Waals surface area contributed by atoms with E-state index in [1.54, 1.807) is 38.5 Å². The Morgan fingerprint density at radius 2 is 1.76 bits per heavy atom. The van der Waals surface area contributed by atoms with Gasteiger partial charge in [0.15, 0.2) is 11.5 Å². The van der Waals surface area contributed by atoms with Crippen LogP contribution in [-0.4, -0.2) is 38.7 Å². The van der Waals surface area contributed by atoms with E-state index in [1.807, 2.05) is 25.1 Å². The summed E-state index contributed by atoms with van der Waals surface area (Å²) in [6.45, 7) is 3.09. The normalized spacial score (nSPS) is 16.2. The van der Waals surface area contributed by atoms with E-state index >= 15 is 0 Å². The maximum absolute atomic E-state index is 12.8. The van der Waals surface area contributed by atoms with Gasteiger partial charge in [0.2, 0.25) is 5.91 Å². The molecule has 2 amide bonds. The molecule has 3 rings (SSSR count). The van der Waals surface area contributed by atoms with Crippen LogP contribution < -0.4 is 24.4 Å². The van der Waals surface area contributed by atoms with Crippen molar-refractivity contribution in [2.45, 2.75) is 32.4 Å². The number of imide groups is 1. The molecular formula is C22H26N2O5. The van der Waals surface area contributed by atoms with E-state index in [0.29, 0.717) is 30.3 Å². The third kappa shape index (κ3) is 4.68. The van der Waals surface area contributed by atoms with Gasteiger partial charge in [-0.2, -0.15) is 0 Å². The van der Waals surface area contributed by atoms with E-state index in [2.05, 4.69) is 5.32 Å². The molecule has 0 spiro atoms. The monoisotopic (exact) mass is 398 g/mol. The first kappa shape index (κ1) is 20.7. The third-order valence-corrected chi connectivity index (χ3v) is 4.71. The van der Waals surface area contributed by atoms with Crippen molar-refractivity contribution in [3.05, 3.63) is 48.0 Å². The van der Waals surface area contributed by atoms with Gasteiger partial charge >= 0.3 is 0 Å². The molecule has 1 aliphatic rings. The summed E-state index contributed by atoms with van der Waals surface area (Å²) in [6, 6.07) is 12.0. The standard InChI is InChI=1S/C22H26N2O5/c1-4-11-29-17-8-6-16(7-9-17)24-21(25)13-18(22(24)26)23-14-15-5-10-19(27-2)20(12-15)28-3/h5-10,12,18,23H,4,11,13-14H2,1-3H3. The highest BCUT2D eigenvalue weighted by Gasteiger charge is 2.39. The van der Waals surface area contributed by atoms with Crippen molar-refractivity contribution in [2.75, 3.05) is 25.7 Å². The molecule has 0 aliphatic carbocycles. The highest BCUT2D eigenvalue weighted by molar-refractivity contribution is 6.22. The average Bonchev–Trinajstić information content (AvgIpc) is 3.04. The summed E-state index contributed by atoms with van der Waals surface area (Å²) in [5.41, 5.74) is 1.48. The Kier molecular flexibility index (Phi) is 6.72. The quantitative estimate of drug-likeness (QED) is 0.655. The van der Waals surface area contributed by atoms with E-state index < -0.39 is 6.04 Å². The molecule has 154 valence electrons. The number of anilines is 1. The Labute approximate surface area is 170 Å². The molecule has 29 heavy (non-hydrogen) atoms. The number of rotatable bonds is 9. The van der Waals surface area contributed by atoms with E-state index in [4.69, 9.17) is 14.2 Å². The number of ether oxygens (including phenoxy) is 3. The van der Waals surface area contributed by atoms with E-state index in [9.17, 15) is 9.59 Å². The smallest absolute Gasteiger partial charge is 0.251 e. The Morgan fingerprint density at radius 1 is 1.03 bits per heavy atom. The van der Waals surface area contributed by atoms with Gasteiger partial charge in [0.05, 0.1) is 39.0 Å². The van der Waals surface area contributed by atoms with Crippen LogP contribution >= 0.6 is 0 Å². The first-order valence-corrected chi connectivity index (χ1v) is 9.61. The zero-order valence-corrected chi connectivity index (χ0v) is 16.9. The van der Waals surface area contributed by atoms with Crippen LogP contribution in [0, 0.1) is 0 Å². The summed E-state index contributed by atoms with van der Waals surface area (Å²) < 4.78 is 16.1. The molecule has 2 aromatic carbocycles. The van der Waals surface area contributed by atoms with Crippen LogP contribution in [-0.2, 0) is 16.1 Å². The second kappa shape index (κ2) is 9.43. The molecule has 1 aliphatic heterocycles. The van der Waals surface area contributed by atoms with Crippen molar-refractivity contribution in [1.82, 2.24) is 5.32 Å². The van der Waals surface area contributed by atoms with E-state index in [1.165, 1.54) is 4.90 Å². The van der Waals surface area contributed by atoms with E-state index in [-0.39, 0.29) is 18.2 Å². The zero-order valence-electron chi connectivity index (χ0n) is 16.9. The van der Waals surface area contributed by atoms with Crippen LogP contribution in [0.25, 0.3) is 0 Å². The van der Waals surface area contributed by atoms with Crippen molar-refractivity contribution in [3.8, 4) is 17.2 Å². The SMILES string of the molecule is CCCOc1ccc(N2C(=O)CC(NCc3ccc(OC)c(OC)c3)C2=O)cc1. The fourth-order valence-electron chi connectivity index (χ4n) is 3.21. The van der Waals surface area contributed by atoms with Gasteiger partial charge in [-0.3, -0.25) is 9.59 Å². The third-order valence-electron chi connectivity index (χ3n) is 4.71. The van der Waals surface area contributed by atoms with Crippen LogP contribution in [0.4, 0.5) is 5.69 Å². The van der Waals surface area contributed by atoms with Crippen molar-refractivity contribution in [1.29, 1.82) is 0 Å². The summed E-state index contributed by atoms with van der Waals surface area (Å²) in [6.07, 6.45) is 1.04. The minimum Gasteiger partial charge on any atom is -0.494 e. The van der Waals surface area contributed by atoms with Crippen LogP contribution in [0.15, 0.2) is 42.5 Å². The molecule has 7 nitrogen and oxygen atoms in total. The van der Waals surface area contributed by atoms with Crippen molar-refractivity contribution in [3.63, 3.8) is 0 Å². The van der Waals surface area contributed by atoms with Crippen LogP contribution in [0.5, 0.6) is 17.2 Å². The van der Waals surface area contributed by atoms with E-state index in [0.717, 1.165) is 17.7 Å². The molecule has 1 N–H and O–H groups in total. The number of methoxy groups -OCH3 is 2. The molecule has 1 atom stereocenters. The van der Waals surface area contributed by atoms with Gasteiger partial charge in [0, 0.05) is 6.54 Å². The second-order valence-electron chi connectivity index (χ2n) is 6.74. The molecule has 2 aromatic rings. The molecule has 0 radical (unpaired) electrons. The fraction of sp³-hybridized carbons (Fsp3) is 0.364. The minimum atomic E-state index is -0.563. The topological polar surface area (TPSA) is 77.1 Å². The minimum absolute atomic E-state index is 0.125. The summed E-state index contributed by atoms with van der Waals surface area (Å²) in [5, 5.41) is 3.17. The van der Waals surface area contributed by atoms with Crippen molar-refractivity contribution < 1.29 is 23.8 Å². The van der Waals surface area contributed by atoms with Gasteiger partial charge in [0.25, 0.3) is 5.91 Å². The van der Waals surface area contributed by atoms with Gasteiger partial charge in [-0.1, -0.05) is 13.0 Å². The molecular weight excluding hydrogens is 372 g/mol. The van der Waals surface area contributed by atoms with Crippen molar-refractivity contribution >= 4 is 17.5 Å². The molecule has 0 bridgehead atoms. The number of hydrogen-bond donors (Lipinski definition) is 1. The van der Waals surface area contributed by atoms with Crippen LogP contribution in [0.3, 0.4) is 0 Å². The fourth-order valence-corrected chi connectivity index (χ4v) is 3.21. The Morgan fingerprint density at radius 3 is 2.41 bits per heavy atom. The largest absolute Gasteiger partial charge is 0.494 e. The molecule has 7 heteroatoms. The maximum atomic E-state index is 12.8. The van der Waals surface area contributed by atoms with Gasteiger partial charge in [0.1, 0.15) is 5.75 Å². The number of nitrogens with zero attached hydrogens (tertiary/aromatic N) is 1. The van der Waals surface area contributed by atoms with Crippen LogP contribution in [0.2, 0.25) is 0 Å². The summed E-state index contributed by atoms with van der Waals surface area (Å²) >= 11 is 0. The number of carbonyl (C=O) groups excluding carboxylic acids is 2. The van der Waals surface area contributed by atoms with Gasteiger partial charge in [-0.15, -0.1) is 0 Å². The first-order chi connectivity index (χ1) is 14.1. The molecule has 1 saturated heterocycles. The molecule has 0 saturated carbocycles. The van der Waals surface area contributed by atoms with Crippen LogP contribution in [0.1, 0.15) is 25.3 Å². The molecule has 0 aromatic heterocycles. The molecule has 1 heterocycles. The lowest BCUT2D eigenvalue weighted by Crippen LogP contribution is -2.38. The lowest BCUT2D eigenvalue weighted by atomic mass is 10.1. The number of amides is 2. The lowest BCUT2D eigenvalue weighted by Gasteiger charge is -2.16. The Hall–Kier alpha value is -3.06. The number of hydrogen-bond acceptors (Lipinski definition) is 6. The summed E-state index contributed by atoms with van der Waals surface area (Å²) in [5.74, 6) is 1.51. The molecule has 1 fully saturated rings. The first-order valence-electron chi connectivity index (χ1n) is 9.61. The predicted octanol–water partition coefficient (Wildman–Crippen LogP) is 2.91. The van der Waals surface area contributed by atoms with Gasteiger partial charge in [-0.25, -0.2) is 4.90 Å². The average molecular weight is 398 g/mol. The van der Waals surface area contributed by atoms with Gasteiger partial charge in [-0.05, 0) is 48.4 Å². The lowest BCUT2D eigenvalue weighted by molar-refractivity contribution is -0.121. The van der Waals surface area contributed by atoms with Crippen molar-refractivity contribution in [2.24, 2.45) is 0 Å². The summed E-state index contributed by atoms with van der Waals surface area (Å²) in [7, 11) is 3.15. The predicted molar refractivity (Wildman–Crippen MR) is 110 cm³/mol. The summed E-state index contributed by atoms with van der Waals surface area (Å²) in [4.78, 5) is 26.5.